The number of hydrogen-bond donors (Lipinski definition) is 2. The fourth-order valence-electron chi connectivity index (χ4n) is 3.96. The standard InChI is InChI=1S/C18H26N2O/c1-2-17(14-6-4-3-5-7-14)20-18(21)12-13-10-15-8-9-16(11-13)19-15/h3-7,13,15-17,19H,2,8-12H2,1H3,(H,20,21). The molecule has 0 radical (unpaired) electrons. The van der Waals surface area contributed by atoms with E-state index < -0.39 is 0 Å². The van der Waals surface area contributed by atoms with Gasteiger partial charge in [0.15, 0.2) is 0 Å². The van der Waals surface area contributed by atoms with E-state index >= 15 is 0 Å². The number of hydrogen-bond acceptors (Lipinski definition) is 2. The molecular weight excluding hydrogens is 260 g/mol. The van der Waals surface area contributed by atoms with Crippen LogP contribution >= 0.6 is 0 Å². The van der Waals surface area contributed by atoms with E-state index in [1.165, 1.54) is 31.2 Å². The number of benzene rings is 1. The van der Waals surface area contributed by atoms with Crippen LogP contribution in [0.25, 0.3) is 0 Å². The molecule has 3 unspecified atom stereocenters. The van der Waals surface area contributed by atoms with Crippen LogP contribution in [0.1, 0.15) is 57.1 Å². The summed E-state index contributed by atoms with van der Waals surface area (Å²) in [6.07, 6.45) is 6.57. The Kier molecular flexibility index (Phi) is 4.59. The zero-order valence-corrected chi connectivity index (χ0v) is 12.8. The van der Waals surface area contributed by atoms with E-state index in [0.29, 0.717) is 24.4 Å². The van der Waals surface area contributed by atoms with Gasteiger partial charge in [0, 0.05) is 18.5 Å². The van der Waals surface area contributed by atoms with Gasteiger partial charge in [-0.15, -0.1) is 0 Å². The van der Waals surface area contributed by atoms with Gasteiger partial charge in [-0.25, -0.2) is 0 Å². The molecule has 2 heterocycles. The van der Waals surface area contributed by atoms with Crippen LogP contribution in [0.3, 0.4) is 0 Å². The van der Waals surface area contributed by atoms with Crippen molar-refractivity contribution in [2.45, 2.75) is 63.6 Å². The van der Waals surface area contributed by atoms with Gasteiger partial charge in [0.25, 0.3) is 0 Å². The lowest BCUT2D eigenvalue weighted by atomic mass is 9.89. The minimum absolute atomic E-state index is 0.150. The summed E-state index contributed by atoms with van der Waals surface area (Å²) in [6.45, 7) is 2.13. The molecule has 2 saturated heterocycles. The number of nitrogens with one attached hydrogen (secondary N) is 2. The normalized spacial score (nSPS) is 29.1. The number of carbonyl (C=O) groups excluding carboxylic acids is 1. The van der Waals surface area contributed by atoms with Gasteiger partial charge in [0.05, 0.1) is 6.04 Å². The molecule has 0 aromatic heterocycles. The van der Waals surface area contributed by atoms with Gasteiger partial charge in [0.2, 0.25) is 5.91 Å². The minimum Gasteiger partial charge on any atom is -0.349 e. The van der Waals surface area contributed by atoms with Crippen molar-refractivity contribution in [3.63, 3.8) is 0 Å². The summed E-state index contributed by atoms with van der Waals surface area (Å²) in [4.78, 5) is 12.4. The highest BCUT2D eigenvalue weighted by molar-refractivity contribution is 5.76. The molecule has 3 heteroatoms. The largest absolute Gasteiger partial charge is 0.349 e. The van der Waals surface area contributed by atoms with Gasteiger partial charge in [-0.2, -0.15) is 0 Å². The number of amides is 1. The highest BCUT2D eigenvalue weighted by Gasteiger charge is 2.34. The Labute approximate surface area is 127 Å². The van der Waals surface area contributed by atoms with Crippen LogP contribution < -0.4 is 10.6 Å². The number of rotatable bonds is 5. The third kappa shape index (κ3) is 3.65. The van der Waals surface area contributed by atoms with Gasteiger partial charge < -0.3 is 10.6 Å². The van der Waals surface area contributed by atoms with Crippen molar-refractivity contribution in [1.82, 2.24) is 10.6 Å². The molecule has 2 N–H and O–H groups in total. The van der Waals surface area contributed by atoms with Crippen molar-refractivity contribution in [2.75, 3.05) is 0 Å². The Morgan fingerprint density at radius 3 is 2.52 bits per heavy atom. The molecule has 0 aliphatic carbocycles. The second-order valence-corrected chi connectivity index (χ2v) is 6.62. The average molecular weight is 286 g/mol. The van der Waals surface area contributed by atoms with E-state index in [-0.39, 0.29) is 11.9 Å². The van der Waals surface area contributed by atoms with Gasteiger partial charge in [0.1, 0.15) is 0 Å². The van der Waals surface area contributed by atoms with Crippen LogP contribution in [0, 0.1) is 5.92 Å². The van der Waals surface area contributed by atoms with Crippen molar-refractivity contribution >= 4 is 5.91 Å². The quantitative estimate of drug-likeness (QED) is 0.873. The molecule has 21 heavy (non-hydrogen) atoms. The highest BCUT2D eigenvalue weighted by Crippen LogP contribution is 2.32. The van der Waals surface area contributed by atoms with Gasteiger partial charge in [-0.3, -0.25) is 4.79 Å². The summed E-state index contributed by atoms with van der Waals surface area (Å²) in [7, 11) is 0. The third-order valence-corrected chi connectivity index (χ3v) is 4.99. The first-order valence-electron chi connectivity index (χ1n) is 8.35. The lowest BCUT2D eigenvalue weighted by Crippen LogP contribution is -2.40. The van der Waals surface area contributed by atoms with Crippen LogP contribution in [0.4, 0.5) is 0 Å². The summed E-state index contributed by atoms with van der Waals surface area (Å²) in [5, 5.41) is 6.86. The Morgan fingerprint density at radius 1 is 1.24 bits per heavy atom. The summed E-state index contributed by atoms with van der Waals surface area (Å²) in [5.74, 6) is 0.786. The molecule has 2 aliphatic heterocycles. The van der Waals surface area contributed by atoms with E-state index in [2.05, 4.69) is 29.7 Å². The zero-order valence-electron chi connectivity index (χ0n) is 12.8. The summed E-state index contributed by atoms with van der Waals surface area (Å²) in [5.41, 5.74) is 1.21. The lowest BCUT2D eigenvalue weighted by molar-refractivity contribution is -0.123. The van der Waals surface area contributed by atoms with Crippen LogP contribution in [0.15, 0.2) is 30.3 Å². The monoisotopic (exact) mass is 286 g/mol. The molecule has 2 aliphatic rings. The first kappa shape index (κ1) is 14.6. The Hall–Kier alpha value is -1.35. The van der Waals surface area contributed by atoms with Gasteiger partial charge >= 0.3 is 0 Å². The molecule has 1 aromatic carbocycles. The first-order valence-corrected chi connectivity index (χ1v) is 8.35. The molecule has 2 bridgehead atoms. The molecule has 114 valence electrons. The smallest absolute Gasteiger partial charge is 0.220 e. The van der Waals surface area contributed by atoms with E-state index in [1.54, 1.807) is 0 Å². The summed E-state index contributed by atoms with van der Waals surface area (Å²) in [6, 6.07) is 11.8. The summed E-state index contributed by atoms with van der Waals surface area (Å²) >= 11 is 0. The van der Waals surface area contributed by atoms with Crippen LogP contribution in [0.5, 0.6) is 0 Å². The predicted octanol–water partition coefficient (Wildman–Crippen LogP) is 3.17. The second kappa shape index (κ2) is 6.61. The molecule has 3 atom stereocenters. The maximum Gasteiger partial charge on any atom is 0.220 e. The van der Waals surface area contributed by atoms with Crippen LogP contribution in [0.2, 0.25) is 0 Å². The van der Waals surface area contributed by atoms with Crippen molar-refractivity contribution in [3.05, 3.63) is 35.9 Å². The maximum atomic E-state index is 12.4. The Balaban J connectivity index is 1.53. The molecule has 0 saturated carbocycles. The minimum atomic E-state index is 0.150. The van der Waals surface area contributed by atoms with Gasteiger partial charge in [-0.1, -0.05) is 37.3 Å². The van der Waals surface area contributed by atoms with Gasteiger partial charge in [-0.05, 0) is 43.6 Å². The number of piperidine rings is 1. The van der Waals surface area contributed by atoms with E-state index in [9.17, 15) is 4.79 Å². The van der Waals surface area contributed by atoms with Crippen LogP contribution in [-0.4, -0.2) is 18.0 Å². The van der Waals surface area contributed by atoms with Crippen LogP contribution in [-0.2, 0) is 4.79 Å². The number of carbonyl (C=O) groups is 1. The molecule has 0 spiro atoms. The molecule has 3 nitrogen and oxygen atoms in total. The first-order chi connectivity index (χ1) is 10.2. The molecule has 1 amide bonds. The molecule has 3 rings (SSSR count). The van der Waals surface area contributed by atoms with Crippen molar-refractivity contribution < 1.29 is 4.79 Å². The topological polar surface area (TPSA) is 41.1 Å². The SMILES string of the molecule is CCC(NC(=O)CC1CC2CCC(C1)N2)c1ccccc1. The van der Waals surface area contributed by atoms with Crippen molar-refractivity contribution in [3.8, 4) is 0 Å². The molecule has 2 fully saturated rings. The highest BCUT2D eigenvalue weighted by atomic mass is 16.1. The van der Waals surface area contributed by atoms with Crippen molar-refractivity contribution in [1.29, 1.82) is 0 Å². The van der Waals surface area contributed by atoms with Crippen molar-refractivity contribution in [2.24, 2.45) is 5.92 Å². The van der Waals surface area contributed by atoms with E-state index in [1.807, 2.05) is 18.2 Å². The van der Waals surface area contributed by atoms with E-state index in [0.717, 1.165) is 6.42 Å². The lowest BCUT2D eigenvalue weighted by Gasteiger charge is -2.29. The van der Waals surface area contributed by atoms with E-state index in [4.69, 9.17) is 0 Å². The number of fused-ring (bicyclic) bond motifs is 2. The fourth-order valence-corrected chi connectivity index (χ4v) is 3.96. The predicted molar refractivity (Wildman–Crippen MR) is 84.9 cm³/mol. The average Bonchev–Trinajstić information content (AvgIpc) is 2.84. The third-order valence-electron chi connectivity index (χ3n) is 4.99. The Bertz CT molecular complexity index is 461. The second-order valence-electron chi connectivity index (χ2n) is 6.62. The fraction of sp³-hybridized carbons (Fsp3) is 0.611. The molecular formula is C18H26N2O. The maximum absolute atomic E-state index is 12.4. The Morgan fingerprint density at radius 2 is 1.90 bits per heavy atom. The zero-order chi connectivity index (χ0) is 14.7. The molecule has 1 aromatic rings. The summed E-state index contributed by atoms with van der Waals surface area (Å²) < 4.78 is 0.